The van der Waals surface area contributed by atoms with Crippen molar-refractivity contribution in [2.24, 2.45) is 17.6 Å². The minimum atomic E-state index is 0.787. The van der Waals surface area contributed by atoms with E-state index in [1.165, 1.54) is 51.6 Å². The fourth-order valence-electron chi connectivity index (χ4n) is 3.31. The van der Waals surface area contributed by atoms with Crippen molar-refractivity contribution >= 4 is 0 Å². The molecule has 2 nitrogen and oxygen atoms in total. The molecule has 0 heterocycles. The molecule has 0 amide bonds. The van der Waals surface area contributed by atoms with Gasteiger partial charge in [-0.15, -0.1) is 0 Å². The van der Waals surface area contributed by atoms with Crippen LogP contribution in [-0.4, -0.2) is 30.6 Å². The molecule has 2 N–H and O–H groups in total. The van der Waals surface area contributed by atoms with E-state index in [4.69, 9.17) is 5.73 Å². The van der Waals surface area contributed by atoms with Crippen molar-refractivity contribution in [2.75, 3.05) is 19.6 Å². The van der Waals surface area contributed by atoms with Gasteiger partial charge in [-0.05, 0) is 57.2 Å². The van der Waals surface area contributed by atoms with Gasteiger partial charge in [-0.2, -0.15) is 0 Å². The van der Waals surface area contributed by atoms with E-state index in [2.05, 4.69) is 25.7 Å². The molecule has 0 aromatic rings. The van der Waals surface area contributed by atoms with Gasteiger partial charge in [0.05, 0.1) is 0 Å². The van der Waals surface area contributed by atoms with Crippen molar-refractivity contribution in [1.29, 1.82) is 0 Å². The highest BCUT2D eigenvalue weighted by Gasteiger charge is 2.33. The Hall–Kier alpha value is -0.0800. The maximum atomic E-state index is 5.70. The molecular formula is C16H34N2. The van der Waals surface area contributed by atoms with Crippen molar-refractivity contribution in [3.8, 4) is 0 Å². The van der Waals surface area contributed by atoms with Gasteiger partial charge in [0.2, 0.25) is 0 Å². The number of nitrogens with zero attached hydrogens (tertiary/aromatic N) is 1. The number of hydrogen-bond donors (Lipinski definition) is 1. The van der Waals surface area contributed by atoms with Crippen molar-refractivity contribution < 1.29 is 0 Å². The van der Waals surface area contributed by atoms with E-state index in [1.807, 2.05) is 0 Å². The zero-order chi connectivity index (χ0) is 13.4. The van der Waals surface area contributed by atoms with Crippen molar-refractivity contribution in [1.82, 2.24) is 4.90 Å². The normalized spacial score (nSPS) is 18.3. The van der Waals surface area contributed by atoms with Gasteiger partial charge in [0.15, 0.2) is 0 Å². The van der Waals surface area contributed by atoms with Crippen LogP contribution in [0.3, 0.4) is 0 Å². The summed E-state index contributed by atoms with van der Waals surface area (Å²) in [7, 11) is 0. The highest BCUT2D eigenvalue weighted by atomic mass is 15.2. The van der Waals surface area contributed by atoms with Crippen LogP contribution in [0.1, 0.15) is 65.7 Å². The molecule has 1 aliphatic rings. The van der Waals surface area contributed by atoms with Gasteiger partial charge < -0.3 is 5.73 Å². The molecule has 0 spiro atoms. The molecule has 0 aromatic carbocycles. The second kappa shape index (κ2) is 8.92. The predicted octanol–water partition coefficient (Wildman–Crippen LogP) is 3.65. The van der Waals surface area contributed by atoms with Gasteiger partial charge >= 0.3 is 0 Å². The van der Waals surface area contributed by atoms with Gasteiger partial charge in [-0.3, -0.25) is 4.90 Å². The zero-order valence-corrected chi connectivity index (χ0v) is 12.8. The topological polar surface area (TPSA) is 29.3 Å². The smallest absolute Gasteiger partial charge is 0.0146 e. The second-order valence-corrected chi connectivity index (χ2v) is 6.31. The quantitative estimate of drug-likeness (QED) is 0.603. The van der Waals surface area contributed by atoms with Gasteiger partial charge in [0.1, 0.15) is 0 Å². The maximum absolute atomic E-state index is 5.70. The lowest BCUT2D eigenvalue weighted by atomic mass is 9.75. The molecule has 1 atom stereocenters. The maximum Gasteiger partial charge on any atom is 0.0146 e. The van der Waals surface area contributed by atoms with E-state index in [0.717, 1.165) is 30.8 Å². The molecule has 1 unspecified atom stereocenters. The fraction of sp³-hybridized carbons (Fsp3) is 1.00. The van der Waals surface area contributed by atoms with Crippen LogP contribution in [0.4, 0.5) is 0 Å². The Balaban J connectivity index is 2.51. The summed E-state index contributed by atoms with van der Waals surface area (Å²) in [4.78, 5) is 2.76. The van der Waals surface area contributed by atoms with Gasteiger partial charge in [0.25, 0.3) is 0 Å². The average Bonchev–Trinajstić information content (AvgIpc) is 2.28. The fourth-order valence-corrected chi connectivity index (χ4v) is 3.31. The third-order valence-corrected chi connectivity index (χ3v) is 4.44. The first-order valence-corrected chi connectivity index (χ1v) is 8.14. The second-order valence-electron chi connectivity index (χ2n) is 6.31. The Morgan fingerprint density at radius 1 is 1.11 bits per heavy atom. The van der Waals surface area contributed by atoms with E-state index in [1.54, 1.807) is 0 Å². The van der Waals surface area contributed by atoms with Crippen LogP contribution in [0.25, 0.3) is 0 Å². The van der Waals surface area contributed by atoms with Crippen LogP contribution in [-0.2, 0) is 0 Å². The Morgan fingerprint density at radius 3 is 2.22 bits per heavy atom. The van der Waals surface area contributed by atoms with Gasteiger partial charge in [0, 0.05) is 6.04 Å². The predicted molar refractivity (Wildman–Crippen MR) is 80.7 cm³/mol. The lowest BCUT2D eigenvalue weighted by molar-refractivity contribution is 0.0600. The Morgan fingerprint density at radius 2 is 1.78 bits per heavy atom. The van der Waals surface area contributed by atoms with E-state index < -0.39 is 0 Å². The lowest BCUT2D eigenvalue weighted by Crippen LogP contribution is -2.47. The summed E-state index contributed by atoms with van der Waals surface area (Å²) < 4.78 is 0. The molecule has 1 saturated carbocycles. The van der Waals surface area contributed by atoms with Crippen LogP contribution in [0, 0.1) is 11.8 Å². The van der Waals surface area contributed by atoms with E-state index in [9.17, 15) is 0 Å². The Bertz CT molecular complexity index is 199. The molecular weight excluding hydrogens is 220 g/mol. The number of rotatable bonds is 10. The van der Waals surface area contributed by atoms with Crippen LogP contribution in [0.2, 0.25) is 0 Å². The highest BCUT2D eigenvalue weighted by molar-refractivity contribution is 4.87. The summed E-state index contributed by atoms with van der Waals surface area (Å²) in [5.74, 6) is 1.75. The first-order chi connectivity index (χ1) is 8.70. The Kier molecular flexibility index (Phi) is 7.92. The van der Waals surface area contributed by atoms with Crippen LogP contribution < -0.4 is 5.73 Å². The molecule has 0 aliphatic heterocycles. The molecule has 18 heavy (non-hydrogen) atoms. The minimum Gasteiger partial charge on any atom is -0.330 e. The summed E-state index contributed by atoms with van der Waals surface area (Å²) >= 11 is 0. The van der Waals surface area contributed by atoms with Gasteiger partial charge in [-0.25, -0.2) is 0 Å². The third kappa shape index (κ3) is 4.89. The van der Waals surface area contributed by atoms with Crippen molar-refractivity contribution in [2.45, 2.75) is 71.8 Å². The summed E-state index contributed by atoms with van der Waals surface area (Å²) in [6.07, 6.45) is 9.56. The number of hydrogen-bond acceptors (Lipinski definition) is 2. The monoisotopic (exact) mass is 254 g/mol. The molecule has 0 bridgehead atoms. The number of unbranched alkanes of at least 4 members (excludes halogenated alkanes) is 2. The van der Waals surface area contributed by atoms with E-state index >= 15 is 0 Å². The summed E-state index contributed by atoms with van der Waals surface area (Å²) in [5.41, 5.74) is 5.70. The summed E-state index contributed by atoms with van der Waals surface area (Å²) in [5, 5.41) is 0. The zero-order valence-electron chi connectivity index (χ0n) is 12.8. The standard InChI is InChI=1S/C16H34N2/c1-4-5-6-12-18(13-8-11-17)16(14(2)3)15-9-7-10-15/h14-16H,4-13,17H2,1-3H3. The molecule has 1 aliphatic carbocycles. The summed E-state index contributed by atoms with van der Waals surface area (Å²) in [6, 6.07) is 0.808. The minimum absolute atomic E-state index is 0.787. The summed E-state index contributed by atoms with van der Waals surface area (Å²) in [6.45, 7) is 10.4. The highest BCUT2D eigenvalue weighted by Crippen LogP contribution is 2.35. The molecule has 1 rings (SSSR count). The van der Waals surface area contributed by atoms with Crippen LogP contribution >= 0.6 is 0 Å². The van der Waals surface area contributed by atoms with E-state index in [0.29, 0.717) is 0 Å². The average molecular weight is 254 g/mol. The molecule has 0 saturated heterocycles. The lowest BCUT2D eigenvalue weighted by Gasteiger charge is -2.44. The molecule has 2 heteroatoms. The molecule has 0 radical (unpaired) electrons. The molecule has 0 aromatic heterocycles. The molecule has 1 fully saturated rings. The molecule has 108 valence electrons. The van der Waals surface area contributed by atoms with E-state index in [-0.39, 0.29) is 0 Å². The first-order valence-electron chi connectivity index (χ1n) is 8.14. The first kappa shape index (κ1) is 16.0. The van der Waals surface area contributed by atoms with Crippen molar-refractivity contribution in [3.63, 3.8) is 0 Å². The SMILES string of the molecule is CCCCCN(CCCN)C(C(C)C)C1CCC1. The van der Waals surface area contributed by atoms with Crippen molar-refractivity contribution in [3.05, 3.63) is 0 Å². The van der Waals surface area contributed by atoms with Gasteiger partial charge in [-0.1, -0.05) is 40.0 Å². The third-order valence-electron chi connectivity index (χ3n) is 4.44. The van der Waals surface area contributed by atoms with Crippen LogP contribution in [0.5, 0.6) is 0 Å². The largest absolute Gasteiger partial charge is 0.330 e. The number of nitrogens with two attached hydrogens (primary N) is 1. The van der Waals surface area contributed by atoms with Crippen LogP contribution in [0.15, 0.2) is 0 Å². The Labute approximate surface area is 114 Å².